The molecule has 0 spiro atoms. The van der Waals surface area contributed by atoms with Gasteiger partial charge in [0.05, 0.1) is 10.0 Å². The Morgan fingerprint density at radius 3 is 2.12 bits per heavy atom. The first kappa shape index (κ1) is 12.4. The van der Waals surface area contributed by atoms with Crippen molar-refractivity contribution in [2.45, 2.75) is 6.54 Å². The average molecular weight is 266 g/mol. The number of hydrogen-bond donors (Lipinski definition) is 1. The van der Waals surface area contributed by atoms with Crippen molar-refractivity contribution < 1.29 is 0 Å². The summed E-state index contributed by atoms with van der Waals surface area (Å²) in [5.74, 6) is 0. The maximum absolute atomic E-state index is 6.00. The van der Waals surface area contributed by atoms with Gasteiger partial charge in [0, 0.05) is 6.54 Å². The van der Waals surface area contributed by atoms with E-state index >= 15 is 0 Å². The van der Waals surface area contributed by atoms with Crippen LogP contribution in [0.1, 0.15) is 5.56 Å². The number of benzene rings is 2. The van der Waals surface area contributed by atoms with Gasteiger partial charge in [-0.25, -0.2) is 0 Å². The van der Waals surface area contributed by atoms with Crippen molar-refractivity contribution in [1.29, 1.82) is 0 Å². The van der Waals surface area contributed by atoms with Gasteiger partial charge < -0.3 is 5.32 Å². The third kappa shape index (κ3) is 3.01. The molecule has 0 fully saturated rings. The van der Waals surface area contributed by atoms with Crippen molar-refractivity contribution in [3.63, 3.8) is 0 Å². The first-order valence-electron chi connectivity index (χ1n) is 5.39. The lowest BCUT2D eigenvalue weighted by Crippen LogP contribution is -2.04. The van der Waals surface area contributed by atoms with Gasteiger partial charge in [0.2, 0.25) is 0 Å². The van der Waals surface area contributed by atoms with Crippen LogP contribution in [0.15, 0.2) is 42.5 Å². The molecule has 1 N–H and O–H groups in total. The highest BCUT2D eigenvalue weighted by Crippen LogP contribution is 2.28. The van der Waals surface area contributed by atoms with E-state index in [4.69, 9.17) is 23.2 Å². The smallest absolute Gasteiger partial charge is 0.0598 e. The maximum Gasteiger partial charge on any atom is 0.0598 e. The molecular formula is C14H13Cl2N. The van der Waals surface area contributed by atoms with E-state index in [2.05, 4.69) is 29.6 Å². The maximum atomic E-state index is 6.00. The summed E-state index contributed by atoms with van der Waals surface area (Å²) in [6, 6.07) is 14.1. The first-order chi connectivity index (χ1) is 8.20. The predicted molar refractivity (Wildman–Crippen MR) is 74.7 cm³/mol. The Morgan fingerprint density at radius 1 is 0.882 bits per heavy atom. The molecule has 0 aliphatic rings. The fraction of sp³-hybridized carbons (Fsp3) is 0.143. The van der Waals surface area contributed by atoms with E-state index in [1.54, 1.807) is 0 Å². The van der Waals surface area contributed by atoms with Gasteiger partial charge in [-0.15, -0.1) is 0 Å². The van der Waals surface area contributed by atoms with Crippen molar-refractivity contribution in [3.8, 4) is 11.1 Å². The second kappa shape index (κ2) is 5.54. The van der Waals surface area contributed by atoms with Crippen molar-refractivity contribution in [1.82, 2.24) is 5.32 Å². The average Bonchev–Trinajstić information content (AvgIpc) is 2.34. The van der Waals surface area contributed by atoms with Crippen LogP contribution in [0.5, 0.6) is 0 Å². The summed E-state index contributed by atoms with van der Waals surface area (Å²) in [5.41, 5.74) is 3.48. The first-order valence-corrected chi connectivity index (χ1v) is 6.15. The standard InChI is InChI=1S/C14H13Cl2N/c1-17-9-10-2-4-11(5-3-10)12-6-7-13(15)14(16)8-12/h2-8,17H,9H2,1H3. The highest BCUT2D eigenvalue weighted by molar-refractivity contribution is 6.42. The molecule has 0 amide bonds. The van der Waals surface area contributed by atoms with E-state index in [1.807, 2.05) is 25.2 Å². The quantitative estimate of drug-likeness (QED) is 0.869. The van der Waals surface area contributed by atoms with Crippen molar-refractivity contribution in [2.75, 3.05) is 7.05 Å². The number of hydrogen-bond acceptors (Lipinski definition) is 1. The topological polar surface area (TPSA) is 12.0 Å². The zero-order valence-corrected chi connectivity index (χ0v) is 11.0. The van der Waals surface area contributed by atoms with Crippen LogP contribution < -0.4 is 5.32 Å². The molecule has 3 heteroatoms. The summed E-state index contributed by atoms with van der Waals surface area (Å²) in [5, 5.41) is 4.29. The van der Waals surface area contributed by atoms with Gasteiger partial charge in [0.1, 0.15) is 0 Å². The lowest BCUT2D eigenvalue weighted by Gasteiger charge is -2.05. The molecule has 0 aliphatic heterocycles. The fourth-order valence-corrected chi connectivity index (χ4v) is 1.99. The second-order valence-corrected chi connectivity index (χ2v) is 4.67. The normalized spacial score (nSPS) is 10.5. The third-order valence-electron chi connectivity index (χ3n) is 2.59. The Bertz CT molecular complexity index is 506. The molecule has 0 unspecified atom stereocenters. The molecule has 88 valence electrons. The lowest BCUT2D eigenvalue weighted by atomic mass is 10.0. The monoisotopic (exact) mass is 265 g/mol. The van der Waals surface area contributed by atoms with Crippen LogP contribution >= 0.6 is 23.2 Å². The van der Waals surface area contributed by atoms with Crippen LogP contribution in [-0.4, -0.2) is 7.05 Å². The van der Waals surface area contributed by atoms with E-state index in [9.17, 15) is 0 Å². The molecule has 0 bridgehead atoms. The minimum atomic E-state index is 0.585. The summed E-state index contributed by atoms with van der Waals surface area (Å²) in [4.78, 5) is 0. The Balaban J connectivity index is 2.30. The third-order valence-corrected chi connectivity index (χ3v) is 3.33. The van der Waals surface area contributed by atoms with E-state index in [-0.39, 0.29) is 0 Å². The van der Waals surface area contributed by atoms with E-state index in [0.29, 0.717) is 10.0 Å². The minimum absolute atomic E-state index is 0.585. The predicted octanol–water partition coefficient (Wildman–Crippen LogP) is 4.38. The largest absolute Gasteiger partial charge is 0.316 e. The van der Waals surface area contributed by atoms with E-state index < -0.39 is 0 Å². The summed E-state index contributed by atoms with van der Waals surface area (Å²) in [7, 11) is 1.94. The molecule has 0 saturated carbocycles. The molecular weight excluding hydrogens is 253 g/mol. The lowest BCUT2D eigenvalue weighted by molar-refractivity contribution is 0.818. The van der Waals surface area contributed by atoms with Gasteiger partial charge in [-0.2, -0.15) is 0 Å². The zero-order valence-electron chi connectivity index (χ0n) is 9.50. The van der Waals surface area contributed by atoms with Crippen LogP contribution in [0.2, 0.25) is 10.0 Å². The molecule has 0 saturated heterocycles. The number of halogens is 2. The summed E-state index contributed by atoms with van der Waals surface area (Å²) in [6.07, 6.45) is 0. The second-order valence-electron chi connectivity index (χ2n) is 3.86. The van der Waals surface area contributed by atoms with Crippen molar-refractivity contribution in [2.24, 2.45) is 0 Å². The Hall–Kier alpha value is -1.02. The van der Waals surface area contributed by atoms with Crippen LogP contribution in [0, 0.1) is 0 Å². The molecule has 0 radical (unpaired) electrons. The van der Waals surface area contributed by atoms with E-state index in [1.165, 1.54) is 5.56 Å². The summed E-state index contributed by atoms with van der Waals surface area (Å²) in [6.45, 7) is 0.877. The highest BCUT2D eigenvalue weighted by atomic mass is 35.5. The van der Waals surface area contributed by atoms with Gasteiger partial charge in [0.25, 0.3) is 0 Å². The highest BCUT2D eigenvalue weighted by Gasteiger charge is 2.02. The number of nitrogens with one attached hydrogen (secondary N) is 1. The van der Waals surface area contributed by atoms with Crippen molar-refractivity contribution in [3.05, 3.63) is 58.1 Å². The number of rotatable bonds is 3. The summed E-state index contributed by atoms with van der Waals surface area (Å²) >= 11 is 11.9. The molecule has 0 heterocycles. The van der Waals surface area contributed by atoms with Crippen LogP contribution in [0.3, 0.4) is 0 Å². The van der Waals surface area contributed by atoms with Crippen LogP contribution in [0.4, 0.5) is 0 Å². The molecule has 0 atom stereocenters. The van der Waals surface area contributed by atoms with Gasteiger partial charge in [-0.1, -0.05) is 53.5 Å². The van der Waals surface area contributed by atoms with E-state index in [0.717, 1.165) is 17.7 Å². The Labute approximate surface area is 111 Å². The van der Waals surface area contributed by atoms with Crippen molar-refractivity contribution >= 4 is 23.2 Å². The Morgan fingerprint density at radius 2 is 1.53 bits per heavy atom. The fourth-order valence-electron chi connectivity index (χ4n) is 1.69. The van der Waals surface area contributed by atoms with Gasteiger partial charge in [0.15, 0.2) is 0 Å². The summed E-state index contributed by atoms with van der Waals surface area (Å²) < 4.78 is 0. The molecule has 17 heavy (non-hydrogen) atoms. The van der Waals surface area contributed by atoms with Crippen LogP contribution in [-0.2, 0) is 6.54 Å². The SMILES string of the molecule is CNCc1ccc(-c2ccc(Cl)c(Cl)c2)cc1. The minimum Gasteiger partial charge on any atom is -0.316 e. The molecule has 0 aliphatic carbocycles. The van der Waals surface area contributed by atoms with Crippen LogP contribution in [0.25, 0.3) is 11.1 Å². The molecule has 0 aromatic heterocycles. The molecule has 2 aromatic rings. The zero-order chi connectivity index (χ0) is 12.3. The molecule has 2 aromatic carbocycles. The Kier molecular flexibility index (Phi) is 4.06. The van der Waals surface area contributed by atoms with Gasteiger partial charge in [-0.05, 0) is 35.9 Å². The van der Waals surface area contributed by atoms with Gasteiger partial charge >= 0.3 is 0 Å². The molecule has 1 nitrogen and oxygen atoms in total. The molecule has 2 rings (SSSR count). The van der Waals surface area contributed by atoms with Gasteiger partial charge in [-0.3, -0.25) is 0 Å².